The Kier molecular flexibility index (Phi) is 7.23. The SMILES string of the molecule is CCCC(=O)N1CCN(C[C@@H](O)COCC)CC1. The van der Waals surface area contributed by atoms with E-state index in [9.17, 15) is 9.90 Å². The standard InChI is InChI=1S/C13H26N2O3/c1-3-5-13(17)15-8-6-14(7-9-15)10-12(16)11-18-4-2/h12,16H,3-11H2,1-2H3/t12-/m1/s1. The fourth-order valence-corrected chi connectivity index (χ4v) is 2.16. The van der Waals surface area contributed by atoms with E-state index in [1.54, 1.807) is 0 Å². The third-order valence-corrected chi connectivity index (χ3v) is 3.17. The van der Waals surface area contributed by atoms with Crippen LogP contribution in [0, 0.1) is 0 Å². The Balaban J connectivity index is 2.20. The van der Waals surface area contributed by atoms with Crippen molar-refractivity contribution in [2.24, 2.45) is 0 Å². The molecule has 0 unspecified atom stereocenters. The van der Waals surface area contributed by atoms with E-state index >= 15 is 0 Å². The summed E-state index contributed by atoms with van der Waals surface area (Å²) in [5, 5.41) is 9.74. The van der Waals surface area contributed by atoms with E-state index in [-0.39, 0.29) is 5.91 Å². The van der Waals surface area contributed by atoms with Crippen molar-refractivity contribution in [3.8, 4) is 0 Å². The van der Waals surface area contributed by atoms with Crippen molar-refractivity contribution in [3.63, 3.8) is 0 Å². The smallest absolute Gasteiger partial charge is 0.222 e. The maximum Gasteiger partial charge on any atom is 0.222 e. The van der Waals surface area contributed by atoms with Crippen LogP contribution in [0.3, 0.4) is 0 Å². The lowest BCUT2D eigenvalue weighted by Gasteiger charge is -2.35. The van der Waals surface area contributed by atoms with E-state index in [1.807, 2.05) is 18.7 Å². The molecule has 18 heavy (non-hydrogen) atoms. The lowest BCUT2D eigenvalue weighted by atomic mass is 10.2. The van der Waals surface area contributed by atoms with Crippen LogP contribution in [0.1, 0.15) is 26.7 Å². The van der Waals surface area contributed by atoms with Crippen molar-refractivity contribution in [2.45, 2.75) is 32.8 Å². The predicted molar refractivity (Wildman–Crippen MR) is 70.4 cm³/mol. The zero-order valence-corrected chi connectivity index (χ0v) is 11.6. The predicted octanol–water partition coefficient (Wildman–Crippen LogP) is 0.328. The van der Waals surface area contributed by atoms with Crippen LogP contribution in [-0.4, -0.2) is 72.9 Å². The number of β-amino-alcohol motifs (C(OH)–C–C–N with tert-alkyl or cyclic N) is 1. The van der Waals surface area contributed by atoms with Crippen molar-refractivity contribution < 1.29 is 14.6 Å². The van der Waals surface area contributed by atoms with Crippen molar-refractivity contribution in [2.75, 3.05) is 45.9 Å². The number of hydrogen-bond donors (Lipinski definition) is 1. The van der Waals surface area contributed by atoms with Gasteiger partial charge in [-0.15, -0.1) is 0 Å². The van der Waals surface area contributed by atoms with Gasteiger partial charge in [0, 0.05) is 45.8 Å². The lowest BCUT2D eigenvalue weighted by Crippen LogP contribution is -2.50. The minimum absolute atomic E-state index is 0.256. The highest BCUT2D eigenvalue weighted by molar-refractivity contribution is 5.76. The Morgan fingerprint density at radius 2 is 1.94 bits per heavy atom. The van der Waals surface area contributed by atoms with E-state index in [2.05, 4.69) is 4.90 Å². The number of carbonyl (C=O) groups is 1. The number of rotatable bonds is 7. The van der Waals surface area contributed by atoms with E-state index in [0.29, 0.717) is 26.2 Å². The summed E-state index contributed by atoms with van der Waals surface area (Å²) in [7, 11) is 0. The Morgan fingerprint density at radius 3 is 2.50 bits per heavy atom. The Hall–Kier alpha value is -0.650. The van der Waals surface area contributed by atoms with Gasteiger partial charge in [0.05, 0.1) is 12.7 Å². The van der Waals surface area contributed by atoms with Crippen LogP contribution in [0.5, 0.6) is 0 Å². The molecule has 0 saturated carbocycles. The summed E-state index contributed by atoms with van der Waals surface area (Å²) in [6, 6.07) is 0. The Labute approximate surface area is 110 Å². The summed E-state index contributed by atoms with van der Waals surface area (Å²) in [5.41, 5.74) is 0. The average Bonchev–Trinajstić information content (AvgIpc) is 2.37. The summed E-state index contributed by atoms with van der Waals surface area (Å²) in [4.78, 5) is 15.8. The second-order valence-corrected chi connectivity index (χ2v) is 4.74. The molecule has 0 aromatic carbocycles. The fraction of sp³-hybridized carbons (Fsp3) is 0.923. The van der Waals surface area contributed by atoms with E-state index in [0.717, 1.165) is 32.6 Å². The first-order valence-electron chi connectivity index (χ1n) is 6.93. The van der Waals surface area contributed by atoms with E-state index in [1.165, 1.54) is 0 Å². The van der Waals surface area contributed by atoms with Gasteiger partial charge in [-0.2, -0.15) is 0 Å². The normalized spacial score (nSPS) is 18.9. The van der Waals surface area contributed by atoms with Crippen LogP contribution in [0.25, 0.3) is 0 Å². The minimum atomic E-state index is -0.428. The van der Waals surface area contributed by atoms with Gasteiger partial charge in [0.15, 0.2) is 0 Å². The number of amides is 1. The highest BCUT2D eigenvalue weighted by atomic mass is 16.5. The minimum Gasteiger partial charge on any atom is -0.389 e. The third kappa shape index (κ3) is 5.33. The molecule has 1 fully saturated rings. The molecule has 1 saturated heterocycles. The zero-order valence-electron chi connectivity index (χ0n) is 11.6. The van der Waals surface area contributed by atoms with E-state index in [4.69, 9.17) is 4.74 Å². The summed E-state index contributed by atoms with van der Waals surface area (Å²) >= 11 is 0. The van der Waals surface area contributed by atoms with Gasteiger partial charge >= 0.3 is 0 Å². The van der Waals surface area contributed by atoms with Crippen molar-refractivity contribution in [1.29, 1.82) is 0 Å². The number of ether oxygens (including phenoxy) is 1. The van der Waals surface area contributed by atoms with E-state index < -0.39 is 6.10 Å². The van der Waals surface area contributed by atoms with Gasteiger partial charge in [-0.05, 0) is 13.3 Å². The molecule has 0 spiro atoms. The number of carbonyl (C=O) groups excluding carboxylic acids is 1. The van der Waals surface area contributed by atoms with Gasteiger partial charge in [-0.25, -0.2) is 0 Å². The molecule has 0 bridgehead atoms. The van der Waals surface area contributed by atoms with Gasteiger partial charge in [0.2, 0.25) is 5.91 Å². The molecule has 0 aromatic heterocycles. The molecule has 0 aromatic rings. The molecule has 1 aliphatic rings. The molecular weight excluding hydrogens is 232 g/mol. The topological polar surface area (TPSA) is 53.0 Å². The Bertz CT molecular complexity index is 240. The monoisotopic (exact) mass is 258 g/mol. The van der Waals surface area contributed by atoms with Crippen molar-refractivity contribution in [1.82, 2.24) is 9.80 Å². The number of piperazine rings is 1. The highest BCUT2D eigenvalue weighted by Crippen LogP contribution is 2.06. The summed E-state index contributed by atoms with van der Waals surface area (Å²) in [5.74, 6) is 0.256. The van der Waals surface area contributed by atoms with Gasteiger partial charge in [-0.3, -0.25) is 9.69 Å². The molecule has 0 radical (unpaired) electrons. The molecule has 0 aliphatic carbocycles. The lowest BCUT2D eigenvalue weighted by molar-refractivity contribution is -0.133. The molecule has 1 N–H and O–H groups in total. The molecule has 1 atom stereocenters. The largest absolute Gasteiger partial charge is 0.389 e. The first-order chi connectivity index (χ1) is 8.67. The number of aliphatic hydroxyl groups excluding tert-OH is 1. The van der Waals surface area contributed by atoms with Gasteiger partial charge in [0.1, 0.15) is 0 Å². The molecule has 5 heteroatoms. The average molecular weight is 258 g/mol. The number of nitrogens with zero attached hydrogens (tertiary/aromatic N) is 2. The summed E-state index contributed by atoms with van der Waals surface area (Å²) in [6.07, 6.45) is 1.13. The third-order valence-electron chi connectivity index (χ3n) is 3.17. The summed E-state index contributed by atoms with van der Waals surface area (Å²) < 4.78 is 5.19. The molecule has 5 nitrogen and oxygen atoms in total. The molecule has 1 heterocycles. The summed E-state index contributed by atoms with van der Waals surface area (Å²) in [6.45, 7) is 8.86. The van der Waals surface area contributed by atoms with Gasteiger partial charge < -0.3 is 14.7 Å². The second-order valence-electron chi connectivity index (χ2n) is 4.74. The zero-order chi connectivity index (χ0) is 13.4. The molecule has 106 valence electrons. The van der Waals surface area contributed by atoms with Crippen LogP contribution in [0.2, 0.25) is 0 Å². The molecule has 1 aliphatic heterocycles. The number of aliphatic hydroxyl groups is 1. The molecule has 1 rings (SSSR count). The molecular formula is C13H26N2O3. The number of hydrogen-bond acceptors (Lipinski definition) is 4. The van der Waals surface area contributed by atoms with Crippen LogP contribution >= 0.6 is 0 Å². The van der Waals surface area contributed by atoms with Crippen molar-refractivity contribution in [3.05, 3.63) is 0 Å². The first-order valence-corrected chi connectivity index (χ1v) is 6.93. The van der Waals surface area contributed by atoms with Crippen LogP contribution in [0.15, 0.2) is 0 Å². The van der Waals surface area contributed by atoms with Crippen LogP contribution in [0.4, 0.5) is 0 Å². The Morgan fingerprint density at radius 1 is 1.28 bits per heavy atom. The van der Waals surface area contributed by atoms with Crippen molar-refractivity contribution >= 4 is 5.91 Å². The highest BCUT2D eigenvalue weighted by Gasteiger charge is 2.21. The fourth-order valence-electron chi connectivity index (χ4n) is 2.16. The first kappa shape index (κ1) is 15.4. The second kappa shape index (κ2) is 8.45. The maximum absolute atomic E-state index is 11.7. The van der Waals surface area contributed by atoms with Crippen LogP contribution in [-0.2, 0) is 9.53 Å². The molecule has 1 amide bonds. The quantitative estimate of drug-likeness (QED) is 0.715. The van der Waals surface area contributed by atoms with Gasteiger partial charge in [-0.1, -0.05) is 6.92 Å². The van der Waals surface area contributed by atoms with Crippen LogP contribution < -0.4 is 0 Å². The van der Waals surface area contributed by atoms with Gasteiger partial charge in [0.25, 0.3) is 0 Å². The maximum atomic E-state index is 11.7.